The summed E-state index contributed by atoms with van der Waals surface area (Å²) in [6.45, 7) is 6.02. The Hall–Kier alpha value is -3.23. The summed E-state index contributed by atoms with van der Waals surface area (Å²) in [6, 6.07) is 20.4. The second kappa shape index (κ2) is 8.87. The molecule has 3 rings (SSSR count). The Morgan fingerprint density at radius 2 is 1.58 bits per heavy atom. The van der Waals surface area contributed by atoms with E-state index in [1.54, 1.807) is 18.2 Å². The van der Waals surface area contributed by atoms with E-state index in [2.05, 4.69) is 6.58 Å². The monoisotopic (exact) mass is 443 g/mol. The SMILES string of the molecule is C=C(c1ccc(C(F)(F)F)cc1)[Si](C)(OCc1ccccc1[N+](=O)[O-])c1ccccc1. The van der Waals surface area contributed by atoms with Gasteiger partial charge in [0, 0.05) is 6.07 Å². The minimum atomic E-state index is -4.43. The van der Waals surface area contributed by atoms with Crippen LogP contribution in [0.4, 0.5) is 18.9 Å². The van der Waals surface area contributed by atoms with Crippen molar-refractivity contribution in [1.82, 2.24) is 0 Å². The van der Waals surface area contributed by atoms with E-state index in [9.17, 15) is 23.3 Å². The van der Waals surface area contributed by atoms with Crippen LogP contribution in [0.2, 0.25) is 6.55 Å². The summed E-state index contributed by atoms with van der Waals surface area (Å²) in [5, 5.41) is 12.8. The second-order valence-corrected chi connectivity index (χ2v) is 10.7. The summed E-state index contributed by atoms with van der Waals surface area (Å²) < 4.78 is 45.1. The van der Waals surface area contributed by atoms with Crippen LogP contribution in [0.3, 0.4) is 0 Å². The number of hydrogen-bond donors (Lipinski definition) is 0. The quantitative estimate of drug-likeness (QED) is 0.261. The smallest absolute Gasteiger partial charge is 0.404 e. The van der Waals surface area contributed by atoms with Crippen molar-refractivity contribution < 1.29 is 22.5 Å². The molecule has 0 aromatic heterocycles. The fourth-order valence-corrected chi connectivity index (χ4v) is 5.95. The number of alkyl halides is 3. The van der Waals surface area contributed by atoms with Crippen LogP contribution in [0.5, 0.6) is 0 Å². The van der Waals surface area contributed by atoms with Crippen LogP contribution >= 0.6 is 0 Å². The zero-order valence-electron chi connectivity index (χ0n) is 16.7. The van der Waals surface area contributed by atoms with Gasteiger partial charge in [0.15, 0.2) is 0 Å². The van der Waals surface area contributed by atoms with Gasteiger partial charge in [0.1, 0.15) is 0 Å². The highest BCUT2D eigenvalue weighted by molar-refractivity contribution is 7.00. The minimum absolute atomic E-state index is 0.0194. The molecule has 31 heavy (non-hydrogen) atoms. The average Bonchev–Trinajstić information content (AvgIpc) is 2.77. The molecule has 0 heterocycles. The lowest BCUT2D eigenvalue weighted by molar-refractivity contribution is -0.385. The molecule has 0 radical (unpaired) electrons. The number of benzene rings is 3. The molecule has 3 aromatic rings. The predicted molar refractivity (Wildman–Crippen MR) is 116 cm³/mol. The van der Waals surface area contributed by atoms with Crippen LogP contribution < -0.4 is 5.19 Å². The van der Waals surface area contributed by atoms with Crippen LogP contribution in [0.1, 0.15) is 16.7 Å². The number of nitro groups is 1. The number of para-hydroxylation sites is 1. The molecule has 3 aromatic carbocycles. The molecule has 1 atom stereocenters. The number of rotatable bonds is 7. The zero-order valence-corrected chi connectivity index (χ0v) is 17.7. The highest BCUT2D eigenvalue weighted by atomic mass is 28.4. The third kappa shape index (κ3) is 4.92. The molecule has 0 bridgehead atoms. The first-order valence-electron chi connectivity index (χ1n) is 9.42. The highest BCUT2D eigenvalue weighted by Gasteiger charge is 2.37. The van der Waals surface area contributed by atoms with Crippen molar-refractivity contribution in [3.8, 4) is 0 Å². The molecule has 0 saturated heterocycles. The van der Waals surface area contributed by atoms with Gasteiger partial charge in [-0.05, 0) is 40.7 Å². The van der Waals surface area contributed by atoms with Gasteiger partial charge in [0.2, 0.25) is 0 Å². The van der Waals surface area contributed by atoms with Gasteiger partial charge in [0.05, 0.1) is 22.7 Å². The van der Waals surface area contributed by atoms with Crippen molar-refractivity contribution in [2.45, 2.75) is 19.3 Å². The van der Waals surface area contributed by atoms with E-state index < -0.39 is 25.0 Å². The molecule has 0 saturated carbocycles. The van der Waals surface area contributed by atoms with Gasteiger partial charge in [-0.25, -0.2) is 0 Å². The maximum absolute atomic E-state index is 12.9. The Morgan fingerprint density at radius 3 is 2.16 bits per heavy atom. The van der Waals surface area contributed by atoms with Gasteiger partial charge in [-0.3, -0.25) is 10.1 Å². The highest BCUT2D eigenvalue weighted by Crippen LogP contribution is 2.32. The molecular formula is C23H20F3NO3Si. The van der Waals surface area contributed by atoms with Crippen molar-refractivity contribution >= 4 is 24.4 Å². The summed E-state index contributed by atoms with van der Waals surface area (Å²) in [5.41, 5.74) is 0.163. The van der Waals surface area contributed by atoms with Crippen LogP contribution in [0, 0.1) is 10.1 Å². The van der Waals surface area contributed by atoms with E-state index in [4.69, 9.17) is 4.43 Å². The fourth-order valence-electron chi connectivity index (χ4n) is 3.27. The first kappa shape index (κ1) is 22.5. The Labute approximate surface area is 178 Å². The Kier molecular flexibility index (Phi) is 6.42. The van der Waals surface area contributed by atoms with E-state index in [0.717, 1.165) is 17.3 Å². The van der Waals surface area contributed by atoms with Crippen LogP contribution in [0.25, 0.3) is 5.20 Å². The van der Waals surface area contributed by atoms with Gasteiger partial charge in [-0.15, -0.1) is 0 Å². The van der Waals surface area contributed by atoms with Gasteiger partial charge in [-0.2, -0.15) is 13.2 Å². The molecule has 8 heteroatoms. The minimum Gasteiger partial charge on any atom is -0.404 e. The van der Waals surface area contributed by atoms with Gasteiger partial charge in [0.25, 0.3) is 14.0 Å². The standard InChI is InChI=1S/C23H20F3NO3Si/c1-17(18-12-14-20(15-13-18)23(24,25)26)31(2,21-9-4-3-5-10-21)30-16-19-8-6-7-11-22(19)27(28)29/h3-15H,1,16H2,2H3. The third-order valence-electron chi connectivity index (χ3n) is 5.17. The van der Waals surface area contributed by atoms with Gasteiger partial charge in [-0.1, -0.05) is 61.2 Å². The van der Waals surface area contributed by atoms with E-state index >= 15 is 0 Å². The number of hydrogen-bond acceptors (Lipinski definition) is 3. The predicted octanol–water partition coefficient (Wildman–Crippen LogP) is 5.87. The average molecular weight is 443 g/mol. The van der Waals surface area contributed by atoms with Gasteiger partial charge >= 0.3 is 6.18 Å². The zero-order chi connectivity index (χ0) is 22.6. The normalized spacial score (nSPS) is 13.4. The summed E-state index contributed by atoms with van der Waals surface area (Å²) >= 11 is 0. The lowest BCUT2D eigenvalue weighted by atomic mass is 10.1. The Bertz CT molecular complexity index is 1090. The summed E-state index contributed by atoms with van der Waals surface area (Å²) in [7, 11) is -2.97. The number of nitrogens with zero attached hydrogens (tertiary/aromatic N) is 1. The molecular weight excluding hydrogens is 423 g/mol. The lowest BCUT2D eigenvalue weighted by Gasteiger charge is -2.30. The first-order chi connectivity index (χ1) is 14.6. The Balaban J connectivity index is 1.97. The van der Waals surface area contributed by atoms with Crippen LogP contribution in [-0.2, 0) is 17.2 Å². The maximum Gasteiger partial charge on any atom is 0.416 e. The van der Waals surface area contributed by atoms with E-state index in [1.165, 1.54) is 18.2 Å². The summed E-state index contributed by atoms with van der Waals surface area (Å²) in [4.78, 5) is 10.9. The molecule has 0 aliphatic carbocycles. The molecule has 160 valence electrons. The van der Waals surface area contributed by atoms with Crippen molar-refractivity contribution in [1.29, 1.82) is 0 Å². The summed E-state index contributed by atoms with van der Waals surface area (Å²) in [5.74, 6) is 0. The fraction of sp³-hybridized carbons (Fsp3) is 0.130. The van der Waals surface area contributed by atoms with E-state index in [-0.39, 0.29) is 12.3 Å². The van der Waals surface area contributed by atoms with Crippen LogP contribution in [0.15, 0.2) is 85.4 Å². The molecule has 0 aliphatic rings. The number of nitro benzene ring substituents is 1. The van der Waals surface area contributed by atoms with Crippen molar-refractivity contribution in [3.63, 3.8) is 0 Å². The van der Waals surface area contributed by atoms with Crippen LogP contribution in [-0.4, -0.2) is 13.2 Å². The molecule has 0 N–H and O–H groups in total. The van der Waals surface area contributed by atoms with Gasteiger partial charge < -0.3 is 4.43 Å². The van der Waals surface area contributed by atoms with E-state index in [0.29, 0.717) is 16.3 Å². The van der Waals surface area contributed by atoms with Crippen molar-refractivity contribution in [3.05, 3.63) is 112 Å². The molecule has 0 aliphatic heterocycles. The third-order valence-corrected chi connectivity index (χ3v) is 8.76. The molecule has 1 unspecified atom stereocenters. The molecule has 0 fully saturated rings. The first-order valence-corrected chi connectivity index (χ1v) is 11.8. The molecule has 0 amide bonds. The molecule has 4 nitrogen and oxygen atoms in total. The maximum atomic E-state index is 12.9. The summed E-state index contributed by atoms with van der Waals surface area (Å²) in [6.07, 6.45) is -4.43. The second-order valence-electron chi connectivity index (χ2n) is 7.13. The molecule has 0 spiro atoms. The number of halogens is 3. The Morgan fingerprint density at radius 1 is 1.00 bits per heavy atom. The lowest BCUT2D eigenvalue weighted by Crippen LogP contribution is -2.49. The largest absolute Gasteiger partial charge is 0.416 e. The topological polar surface area (TPSA) is 52.4 Å². The van der Waals surface area contributed by atoms with Crippen molar-refractivity contribution in [2.24, 2.45) is 0 Å². The van der Waals surface area contributed by atoms with Crippen molar-refractivity contribution in [2.75, 3.05) is 0 Å². The van der Waals surface area contributed by atoms with E-state index in [1.807, 2.05) is 36.9 Å².